The van der Waals surface area contributed by atoms with Gasteiger partial charge in [-0.25, -0.2) is 0 Å². The third-order valence-corrected chi connectivity index (χ3v) is 3.21. The monoisotopic (exact) mass is 285 g/mol. The number of nitrogens with one attached hydrogen (secondary N) is 1. The van der Waals surface area contributed by atoms with Crippen molar-refractivity contribution < 1.29 is 4.74 Å². The molecule has 2 nitrogen and oxygen atoms in total. The zero-order valence-electron chi connectivity index (χ0n) is 10.2. The summed E-state index contributed by atoms with van der Waals surface area (Å²) in [6.45, 7) is 5.34. The highest BCUT2D eigenvalue weighted by atomic mass is 79.9. The van der Waals surface area contributed by atoms with Crippen LogP contribution in [0.5, 0.6) is 5.75 Å². The minimum absolute atomic E-state index is 0.575. The predicted octanol–water partition coefficient (Wildman–Crippen LogP) is 3.74. The average molecular weight is 286 g/mol. The standard InChI is InChI=1S/C13H20BrNO/c1-4-5-10(2)15-9-11-6-7-13(16-3)12(14)8-11/h6-8,10,15H,4-5,9H2,1-3H3. The van der Waals surface area contributed by atoms with E-state index in [1.54, 1.807) is 7.11 Å². The van der Waals surface area contributed by atoms with Crippen molar-refractivity contribution in [2.75, 3.05) is 7.11 Å². The van der Waals surface area contributed by atoms with Crippen molar-refractivity contribution in [2.24, 2.45) is 0 Å². The largest absolute Gasteiger partial charge is 0.496 e. The molecule has 1 aromatic rings. The van der Waals surface area contributed by atoms with Crippen molar-refractivity contribution in [1.29, 1.82) is 0 Å². The Labute approximate surface area is 107 Å². The molecule has 1 aromatic carbocycles. The van der Waals surface area contributed by atoms with Crippen molar-refractivity contribution in [3.63, 3.8) is 0 Å². The molecule has 0 saturated heterocycles. The van der Waals surface area contributed by atoms with Gasteiger partial charge in [0.1, 0.15) is 5.75 Å². The van der Waals surface area contributed by atoms with E-state index in [1.807, 2.05) is 6.07 Å². The normalized spacial score (nSPS) is 12.5. The summed E-state index contributed by atoms with van der Waals surface area (Å²) in [5.41, 5.74) is 1.27. The quantitative estimate of drug-likeness (QED) is 0.860. The Bertz CT molecular complexity index is 328. The van der Waals surface area contributed by atoms with Gasteiger partial charge in [-0.1, -0.05) is 19.4 Å². The third-order valence-electron chi connectivity index (χ3n) is 2.59. The molecule has 1 atom stereocenters. The smallest absolute Gasteiger partial charge is 0.133 e. The molecule has 16 heavy (non-hydrogen) atoms. The highest BCUT2D eigenvalue weighted by molar-refractivity contribution is 9.10. The Kier molecular flexibility index (Phi) is 5.85. The van der Waals surface area contributed by atoms with Gasteiger partial charge in [0, 0.05) is 12.6 Å². The van der Waals surface area contributed by atoms with Crippen LogP contribution < -0.4 is 10.1 Å². The van der Waals surface area contributed by atoms with Crippen LogP contribution in [0.15, 0.2) is 22.7 Å². The molecule has 90 valence electrons. The second kappa shape index (κ2) is 6.92. The van der Waals surface area contributed by atoms with Gasteiger partial charge in [-0.2, -0.15) is 0 Å². The third kappa shape index (κ3) is 4.14. The lowest BCUT2D eigenvalue weighted by Gasteiger charge is -2.13. The van der Waals surface area contributed by atoms with Gasteiger partial charge >= 0.3 is 0 Å². The molecule has 1 rings (SSSR count). The second-order valence-electron chi connectivity index (χ2n) is 4.04. The minimum Gasteiger partial charge on any atom is -0.496 e. The first kappa shape index (κ1) is 13.5. The van der Waals surface area contributed by atoms with Gasteiger partial charge in [0.2, 0.25) is 0 Å². The summed E-state index contributed by atoms with van der Waals surface area (Å²) >= 11 is 3.49. The topological polar surface area (TPSA) is 21.3 Å². The van der Waals surface area contributed by atoms with Gasteiger partial charge in [0.15, 0.2) is 0 Å². The summed E-state index contributed by atoms with van der Waals surface area (Å²) in [4.78, 5) is 0. The van der Waals surface area contributed by atoms with Crippen LogP contribution in [0.3, 0.4) is 0 Å². The molecule has 0 aliphatic heterocycles. The molecule has 0 aromatic heterocycles. The molecule has 3 heteroatoms. The highest BCUT2D eigenvalue weighted by Crippen LogP contribution is 2.25. The first-order valence-electron chi connectivity index (χ1n) is 5.73. The molecule has 1 unspecified atom stereocenters. The number of rotatable bonds is 6. The number of hydrogen-bond acceptors (Lipinski definition) is 2. The maximum absolute atomic E-state index is 5.20. The van der Waals surface area contributed by atoms with Gasteiger partial charge in [-0.15, -0.1) is 0 Å². The molecule has 0 fully saturated rings. The molecular weight excluding hydrogens is 266 g/mol. The molecule has 1 N–H and O–H groups in total. The number of halogens is 1. The Morgan fingerprint density at radius 3 is 2.75 bits per heavy atom. The maximum Gasteiger partial charge on any atom is 0.133 e. The number of methoxy groups -OCH3 is 1. The zero-order chi connectivity index (χ0) is 12.0. The van der Waals surface area contributed by atoms with Crippen LogP contribution in [0.25, 0.3) is 0 Å². The lowest BCUT2D eigenvalue weighted by Crippen LogP contribution is -2.25. The van der Waals surface area contributed by atoms with E-state index in [2.05, 4.69) is 47.2 Å². The van der Waals surface area contributed by atoms with Crippen molar-refractivity contribution >= 4 is 15.9 Å². The minimum atomic E-state index is 0.575. The highest BCUT2D eigenvalue weighted by Gasteiger charge is 2.03. The number of benzene rings is 1. The van der Waals surface area contributed by atoms with Gasteiger partial charge in [-0.05, 0) is 47.0 Å². The van der Waals surface area contributed by atoms with Crippen LogP contribution in [-0.2, 0) is 6.54 Å². The van der Waals surface area contributed by atoms with E-state index in [-0.39, 0.29) is 0 Å². The van der Waals surface area contributed by atoms with Crippen molar-refractivity contribution in [1.82, 2.24) is 5.32 Å². The van der Waals surface area contributed by atoms with E-state index in [0.29, 0.717) is 6.04 Å². The second-order valence-corrected chi connectivity index (χ2v) is 4.89. The van der Waals surface area contributed by atoms with E-state index in [4.69, 9.17) is 4.74 Å². The zero-order valence-corrected chi connectivity index (χ0v) is 11.8. The van der Waals surface area contributed by atoms with E-state index in [1.165, 1.54) is 18.4 Å². The molecule has 0 bridgehead atoms. The number of hydrogen-bond donors (Lipinski definition) is 1. The molecule has 0 heterocycles. The first-order chi connectivity index (χ1) is 7.67. The summed E-state index contributed by atoms with van der Waals surface area (Å²) in [7, 11) is 1.68. The number of ether oxygens (including phenoxy) is 1. The molecular formula is C13H20BrNO. The van der Waals surface area contributed by atoms with Gasteiger partial charge in [0.05, 0.1) is 11.6 Å². The fraction of sp³-hybridized carbons (Fsp3) is 0.538. The van der Waals surface area contributed by atoms with Crippen LogP contribution in [0.2, 0.25) is 0 Å². The van der Waals surface area contributed by atoms with E-state index >= 15 is 0 Å². The fourth-order valence-electron chi connectivity index (χ4n) is 1.65. The maximum atomic E-state index is 5.20. The lowest BCUT2D eigenvalue weighted by atomic mass is 10.1. The van der Waals surface area contributed by atoms with Crippen LogP contribution in [0.4, 0.5) is 0 Å². The average Bonchev–Trinajstić information content (AvgIpc) is 2.27. The van der Waals surface area contributed by atoms with Crippen molar-refractivity contribution in [3.05, 3.63) is 28.2 Å². The summed E-state index contributed by atoms with van der Waals surface area (Å²) < 4.78 is 6.21. The molecule has 0 aliphatic carbocycles. The lowest BCUT2D eigenvalue weighted by molar-refractivity contribution is 0.412. The Balaban J connectivity index is 2.51. The summed E-state index contributed by atoms with van der Waals surface area (Å²) in [5.74, 6) is 0.880. The predicted molar refractivity (Wildman–Crippen MR) is 71.9 cm³/mol. The van der Waals surface area contributed by atoms with Crippen LogP contribution in [0.1, 0.15) is 32.3 Å². The van der Waals surface area contributed by atoms with Crippen LogP contribution in [-0.4, -0.2) is 13.2 Å². The molecule has 0 amide bonds. The Hall–Kier alpha value is -0.540. The fourth-order valence-corrected chi connectivity index (χ4v) is 2.24. The van der Waals surface area contributed by atoms with Gasteiger partial charge < -0.3 is 10.1 Å². The Morgan fingerprint density at radius 2 is 2.19 bits per heavy atom. The van der Waals surface area contributed by atoms with Crippen LogP contribution in [0, 0.1) is 0 Å². The first-order valence-corrected chi connectivity index (χ1v) is 6.52. The van der Waals surface area contributed by atoms with Gasteiger partial charge in [0.25, 0.3) is 0 Å². The summed E-state index contributed by atoms with van der Waals surface area (Å²) in [5, 5.41) is 3.50. The van der Waals surface area contributed by atoms with Gasteiger partial charge in [-0.3, -0.25) is 0 Å². The van der Waals surface area contributed by atoms with Crippen molar-refractivity contribution in [3.8, 4) is 5.75 Å². The summed E-state index contributed by atoms with van der Waals surface area (Å²) in [6.07, 6.45) is 2.44. The SMILES string of the molecule is CCCC(C)NCc1ccc(OC)c(Br)c1. The van der Waals surface area contributed by atoms with E-state index < -0.39 is 0 Å². The molecule has 0 aliphatic rings. The van der Waals surface area contributed by atoms with Crippen LogP contribution >= 0.6 is 15.9 Å². The molecule has 0 spiro atoms. The molecule has 0 saturated carbocycles. The summed E-state index contributed by atoms with van der Waals surface area (Å²) in [6, 6.07) is 6.76. The van der Waals surface area contributed by atoms with E-state index in [9.17, 15) is 0 Å². The van der Waals surface area contributed by atoms with E-state index in [0.717, 1.165) is 16.8 Å². The van der Waals surface area contributed by atoms with Crippen molar-refractivity contribution in [2.45, 2.75) is 39.3 Å². The molecule has 0 radical (unpaired) electrons. The Morgan fingerprint density at radius 1 is 1.44 bits per heavy atom.